The number of thioether (sulfide) groups is 1. The van der Waals surface area contributed by atoms with E-state index in [4.69, 9.17) is 4.74 Å². The fourth-order valence-electron chi connectivity index (χ4n) is 1.45. The average molecular weight is 261 g/mol. The van der Waals surface area contributed by atoms with Gasteiger partial charge in [-0.1, -0.05) is 11.8 Å². The van der Waals surface area contributed by atoms with Gasteiger partial charge in [-0.2, -0.15) is 0 Å². The molecule has 0 saturated heterocycles. The second-order valence-electron chi connectivity index (χ2n) is 3.35. The third kappa shape index (κ3) is 2.48. The molecular weight excluding hydrogens is 250 g/mol. The zero-order valence-electron chi connectivity index (χ0n) is 9.95. The van der Waals surface area contributed by atoms with Crippen LogP contribution in [0.5, 0.6) is 0 Å². The largest absolute Gasteiger partial charge is 0.465 e. The van der Waals surface area contributed by atoms with Crippen LogP contribution in [0.1, 0.15) is 10.4 Å². The minimum Gasteiger partial charge on any atom is -0.465 e. The number of ether oxygens (including phenoxy) is 1. The summed E-state index contributed by atoms with van der Waals surface area (Å²) in [5.74, 6) is -0.457. The average Bonchev–Trinajstić information content (AvgIpc) is 2.46. The third-order valence-corrected chi connectivity index (χ3v) is 2.85. The van der Waals surface area contributed by atoms with Gasteiger partial charge < -0.3 is 4.74 Å². The van der Waals surface area contributed by atoms with E-state index in [2.05, 4.69) is 15.0 Å². The first-order chi connectivity index (χ1) is 8.76. The minimum atomic E-state index is -0.457. The van der Waals surface area contributed by atoms with Gasteiger partial charge in [-0.3, -0.25) is 4.98 Å². The number of pyridine rings is 1. The van der Waals surface area contributed by atoms with Crippen LogP contribution in [0.25, 0.3) is 11.3 Å². The number of hydrogen-bond donors (Lipinski definition) is 0. The summed E-state index contributed by atoms with van der Waals surface area (Å²) < 4.78 is 4.73. The van der Waals surface area contributed by atoms with E-state index in [9.17, 15) is 4.79 Å². The third-order valence-electron chi connectivity index (χ3n) is 2.29. The van der Waals surface area contributed by atoms with Crippen molar-refractivity contribution in [1.82, 2.24) is 15.0 Å². The molecule has 2 heterocycles. The van der Waals surface area contributed by atoms with E-state index in [1.54, 1.807) is 18.5 Å². The summed E-state index contributed by atoms with van der Waals surface area (Å²) >= 11 is 1.41. The Kier molecular flexibility index (Phi) is 3.88. The molecule has 92 valence electrons. The van der Waals surface area contributed by atoms with Crippen molar-refractivity contribution in [3.63, 3.8) is 0 Å². The van der Waals surface area contributed by atoms with E-state index in [0.717, 1.165) is 5.56 Å². The van der Waals surface area contributed by atoms with Crippen LogP contribution >= 0.6 is 11.8 Å². The van der Waals surface area contributed by atoms with E-state index >= 15 is 0 Å². The van der Waals surface area contributed by atoms with E-state index in [1.807, 2.05) is 12.3 Å². The summed E-state index contributed by atoms with van der Waals surface area (Å²) in [6.07, 6.45) is 6.67. The molecule has 0 aliphatic heterocycles. The highest BCUT2D eigenvalue weighted by molar-refractivity contribution is 7.98. The Bertz CT molecular complexity index is 561. The van der Waals surface area contributed by atoms with Crippen molar-refractivity contribution in [1.29, 1.82) is 0 Å². The summed E-state index contributed by atoms with van der Waals surface area (Å²) in [5, 5.41) is 0.599. The smallest absolute Gasteiger partial charge is 0.341 e. The molecule has 2 aromatic heterocycles. The molecule has 0 amide bonds. The lowest BCUT2D eigenvalue weighted by atomic mass is 10.1. The van der Waals surface area contributed by atoms with Crippen LogP contribution < -0.4 is 0 Å². The molecule has 0 atom stereocenters. The van der Waals surface area contributed by atoms with Crippen LogP contribution in [0.4, 0.5) is 0 Å². The van der Waals surface area contributed by atoms with Crippen molar-refractivity contribution in [3.05, 3.63) is 36.3 Å². The van der Waals surface area contributed by atoms with E-state index in [1.165, 1.54) is 25.1 Å². The second kappa shape index (κ2) is 5.59. The quantitative estimate of drug-likeness (QED) is 0.478. The highest BCUT2D eigenvalue weighted by Crippen LogP contribution is 2.23. The molecule has 6 heteroatoms. The molecular formula is C12H11N3O2S. The first-order valence-electron chi connectivity index (χ1n) is 5.16. The van der Waals surface area contributed by atoms with E-state index < -0.39 is 5.97 Å². The van der Waals surface area contributed by atoms with Gasteiger partial charge in [0.05, 0.1) is 12.8 Å². The summed E-state index contributed by atoms with van der Waals surface area (Å²) in [5.41, 5.74) is 1.63. The van der Waals surface area contributed by atoms with Crippen molar-refractivity contribution in [3.8, 4) is 11.3 Å². The monoisotopic (exact) mass is 261 g/mol. The van der Waals surface area contributed by atoms with Crippen LogP contribution in [0.2, 0.25) is 0 Å². The van der Waals surface area contributed by atoms with Crippen molar-refractivity contribution in [2.45, 2.75) is 5.16 Å². The Morgan fingerprint density at radius 2 is 2.22 bits per heavy atom. The van der Waals surface area contributed by atoms with Crippen LogP contribution in [0, 0.1) is 0 Å². The number of carbonyl (C=O) groups excluding carboxylic acids is 1. The maximum Gasteiger partial charge on any atom is 0.341 e. The first-order valence-corrected chi connectivity index (χ1v) is 6.38. The lowest BCUT2D eigenvalue weighted by Crippen LogP contribution is -2.07. The maximum absolute atomic E-state index is 11.7. The second-order valence-corrected chi connectivity index (χ2v) is 4.13. The molecule has 0 bridgehead atoms. The molecule has 0 radical (unpaired) electrons. The molecule has 18 heavy (non-hydrogen) atoms. The van der Waals surface area contributed by atoms with Gasteiger partial charge in [0.15, 0.2) is 5.16 Å². The summed E-state index contributed by atoms with van der Waals surface area (Å²) in [7, 11) is 1.33. The van der Waals surface area contributed by atoms with Gasteiger partial charge in [-0.25, -0.2) is 14.8 Å². The molecule has 0 saturated carbocycles. The van der Waals surface area contributed by atoms with E-state index in [0.29, 0.717) is 16.4 Å². The van der Waals surface area contributed by atoms with Gasteiger partial charge >= 0.3 is 5.97 Å². The summed E-state index contributed by atoms with van der Waals surface area (Å²) in [6.45, 7) is 0. The van der Waals surface area contributed by atoms with Gasteiger partial charge in [-0.05, 0) is 18.4 Å². The number of rotatable bonds is 3. The lowest BCUT2D eigenvalue weighted by Gasteiger charge is -2.07. The van der Waals surface area contributed by atoms with Crippen LogP contribution in [-0.2, 0) is 4.74 Å². The summed E-state index contributed by atoms with van der Waals surface area (Å²) in [6, 6.07) is 3.63. The molecule has 0 N–H and O–H groups in total. The van der Waals surface area contributed by atoms with Crippen molar-refractivity contribution >= 4 is 17.7 Å². The SMILES string of the molecule is COC(=O)c1cnc(SC)nc1-c1cccnc1. The Labute approximate surface area is 109 Å². The van der Waals surface area contributed by atoms with Gasteiger partial charge in [0.25, 0.3) is 0 Å². The highest BCUT2D eigenvalue weighted by atomic mass is 32.2. The van der Waals surface area contributed by atoms with Gasteiger partial charge in [0, 0.05) is 24.2 Å². The van der Waals surface area contributed by atoms with Gasteiger partial charge in [0.1, 0.15) is 5.56 Å². The Balaban J connectivity index is 2.58. The van der Waals surface area contributed by atoms with Crippen LogP contribution in [0.3, 0.4) is 0 Å². The summed E-state index contributed by atoms with van der Waals surface area (Å²) in [4.78, 5) is 24.1. The number of methoxy groups -OCH3 is 1. The van der Waals surface area contributed by atoms with Crippen LogP contribution in [0.15, 0.2) is 35.9 Å². The Hall–Kier alpha value is -1.95. The molecule has 0 aromatic carbocycles. The van der Waals surface area contributed by atoms with Crippen LogP contribution in [-0.4, -0.2) is 34.3 Å². The Morgan fingerprint density at radius 3 is 2.83 bits per heavy atom. The van der Waals surface area contributed by atoms with Crippen molar-refractivity contribution < 1.29 is 9.53 Å². The van der Waals surface area contributed by atoms with E-state index in [-0.39, 0.29) is 0 Å². The minimum absolute atomic E-state index is 0.336. The predicted octanol–water partition coefficient (Wildman–Crippen LogP) is 2.05. The molecule has 5 nitrogen and oxygen atoms in total. The zero-order valence-corrected chi connectivity index (χ0v) is 10.8. The first kappa shape index (κ1) is 12.5. The topological polar surface area (TPSA) is 65.0 Å². The lowest BCUT2D eigenvalue weighted by molar-refractivity contribution is 0.0600. The maximum atomic E-state index is 11.7. The normalized spacial score (nSPS) is 10.1. The molecule has 0 aliphatic carbocycles. The number of carbonyl (C=O) groups is 1. The Morgan fingerprint density at radius 1 is 1.39 bits per heavy atom. The van der Waals surface area contributed by atoms with Gasteiger partial charge in [0.2, 0.25) is 0 Å². The number of nitrogens with zero attached hydrogens (tertiary/aromatic N) is 3. The predicted molar refractivity (Wildman–Crippen MR) is 68.4 cm³/mol. The number of esters is 1. The number of hydrogen-bond acceptors (Lipinski definition) is 6. The standard InChI is InChI=1S/C12H11N3O2S/c1-17-11(16)9-7-14-12(18-2)15-10(9)8-4-3-5-13-6-8/h3-7H,1-2H3. The highest BCUT2D eigenvalue weighted by Gasteiger charge is 2.16. The van der Waals surface area contributed by atoms with Gasteiger partial charge in [-0.15, -0.1) is 0 Å². The van der Waals surface area contributed by atoms with Crippen molar-refractivity contribution in [2.75, 3.05) is 13.4 Å². The fourth-order valence-corrected chi connectivity index (χ4v) is 1.79. The molecule has 0 aliphatic rings. The fraction of sp³-hybridized carbons (Fsp3) is 0.167. The molecule has 0 fully saturated rings. The zero-order chi connectivity index (χ0) is 13.0. The van der Waals surface area contributed by atoms with Crippen molar-refractivity contribution in [2.24, 2.45) is 0 Å². The number of aromatic nitrogens is 3. The molecule has 2 rings (SSSR count). The molecule has 0 spiro atoms. The molecule has 0 unspecified atom stereocenters. The molecule has 2 aromatic rings.